The van der Waals surface area contributed by atoms with Crippen molar-refractivity contribution in [3.8, 4) is 6.07 Å². The Kier molecular flexibility index (Phi) is 4.27. The third kappa shape index (κ3) is 2.83. The first-order chi connectivity index (χ1) is 9.29. The van der Waals surface area contributed by atoms with E-state index in [2.05, 4.69) is 5.10 Å². The van der Waals surface area contributed by atoms with Crippen LogP contribution in [-0.2, 0) is 0 Å². The number of nitro groups is 1. The quantitative estimate of drug-likeness (QED) is 0.331. The summed E-state index contributed by atoms with van der Waals surface area (Å²) in [5, 5.41) is 29.5. The number of nitro benzene ring substituents is 1. The van der Waals surface area contributed by atoms with Crippen LogP contribution in [-0.4, -0.2) is 16.5 Å². The lowest BCUT2D eigenvalue weighted by Gasteiger charge is -2.06. The van der Waals surface area contributed by atoms with E-state index in [-0.39, 0.29) is 0 Å². The van der Waals surface area contributed by atoms with E-state index in [9.17, 15) is 18.9 Å². The van der Waals surface area contributed by atoms with Gasteiger partial charge in [0, 0.05) is 11.6 Å². The first-order valence-corrected chi connectivity index (χ1v) is 5.00. The van der Waals surface area contributed by atoms with Gasteiger partial charge in [-0.05, 0) is 6.92 Å². The van der Waals surface area contributed by atoms with E-state index >= 15 is 0 Å². The van der Waals surface area contributed by atoms with Gasteiger partial charge < -0.3 is 5.73 Å². The second-order valence-electron chi connectivity index (χ2n) is 3.55. The summed E-state index contributed by atoms with van der Waals surface area (Å²) in [6.07, 6.45) is 0. The standard InChI is InChI=1S/C10H8F2N6O2/c1-4-8(11)5(2-7(9(4)12)18(19)20)16-17-6(3-13)10(14)15/h2,16H,1H3,(H3,14,15)/b17-6+. The number of nitrogens with two attached hydrogens (primary N) is 1. The van der Waals surface area contributed by atoms with E-state index in [4.69, 9.17) is 16.4 Å². The Morgan fingerprint density at radius 2 is 2.20 bits per heavy atom. The number of hydrogen-bond donors (Lipinski definition) is 3. The molecule has 0 fully saturated rings. The lowest BCUT2D eigenvalue weighted by atomic mass is 10.1. The van der Waals surface area contributed by atoms with Gasteiger partial charge in [-0.25, -0.2) is 4.39 Å². The molecule has 8 nitrogen and oxygen atoms in total. The minimum absolute atomic E-state index is 0.510. The van der Waals surface area contributed by atoms with Gasteiger partial charge in [-0.3, -0.25) is 20.9 Å². The largest absolute Gasteiger partial charge is 0.382 e. The number of rotatable bonds is 4. The van der Waals surface area contributed by atoms with Crippen molar-refractivity contribution in [2.45, 2.75) is 6.92 Å². The highest BCUT2D eigenvalue weighted by molar-refractivity contribution is 6.45. The highest BCUT2D eigenvalue weighted by Crippen LogP contribution is 2.29. The first-order valence-electron chi connectivity index (χ1n) is 5.00. The van der Waals surface area contributed by atoms with E-state index in [0.29, 0.717) is 6.07 Å². The summed E-state index contributed by atoms with van der Waals surface area (Å²) >= 11 is 0. The van der Waals surface area contributed by atoms with Gasteiger partial charge in [-0.2, -0.15) is 14.8 Å². The lowest BCUT2D eigenvalue weighted by molar-refractivity contribution is -0.387. The number of halogens is 2. The van der Waals surface area contributed by atoms with E-state index < -0.39 is 45.0 Å². The molecule has 0 spiro atoms. The van der Waals surface area contributed by atoms with Crippen LogP contribution >= 0.6 is 0 Å². The molecule has 1 aromatic rings. The molecule has 10 heteroatoms. The molecule has 4 N–H and O–H groups in total. The van der Waals surface area contributed by atoms with Crippen molar-refractivity contribution < 1.29 is 13.7 Å². The average molecular weight is 282 g/mol. The molecule has 0 saturated heterocycles. The lowest BCUT2D eigenvalue weighted by Crippen LogP contribution is -2.22. The van der Waals surface area contributed by atoms with Crippen molar-refractivity contribution in [1.29, 1.82) is 10.7 Å². The summed E-state index contributed by atoms with van der Waals surface area (Å²) in [5.74, 6) is -3.07. The molecule has 1 aromatic carbocycles. The Morgan fingerprint density at radius 3 is 2.65 bits per heavy atom. The van der Waals surface area contributed by atoms with Crippen LogP contribution in [0.25, 0.3) is 0 Å². The minimum atomic E-state index is -1.30. The molecule has 0 aliphatic heterocycles. The van der Waals surface area contributed by atoms with E-state index in [0.717, 1.165) is 6.92 Å². The van der Waals surface area contributed by atoms with Crippen LogP contribution in [0, 0.1) is 45.4 Å². The summed E-state index contributed by atoms with van der Waals surface area (Å²) < 4.78 is 27.1. The highest BCUT2D eigenvalue weighted by Gasteiger charge is 2.22. The second-order valence-corrected chi connectivity index (χ2v) is 3.55. The van der Waals surface area contributed by atoms with E-state index in [1.165, 1.54) is 6.07 Å². The zero-order valence-corrected chi connectivity index (χ0v) is 10.1. The van der Waals surface area contributed by atoms with Crippen LogP contribution in [0.5, 0.6) is 0 Å². The Hall–Kier alpha value is -3.09. The van der Waals surface area contributed by atoms with Crippen LogP contribution in [0.1, 0.15) is 5.56 Å². The molecular formula is C10H8F2N6O2. The third-order valence-corrected chi connectivity index (χ3v) is 2.25. The zero-order valence-electron chi connectivity index (χ0n) is 10.1. The second kappa shape index (κ2) is 5.70. The number of benzene rings is 1. The summed E-state index contributed by atoms with van der Waals surface area (Å²) in [6, 6.07) is 2.06. The molecule has 0 amide bonds. The average Bonchev–Trinajstić information content (AvgIpc) is 2.38. The van der Waals surface area contributed by atoms with Crippen molar-refractivity contribution >= 4 is 22.9 Å². The predicted octanol–water partition coefficient (Wildman–Crippen LogP) is 1.41. The third-order valence-electron chi connectivity index (χ3n) is 2.25. The molecule has 0 bridgehead atoms. The normalized spacial score (nSPS) is 10.8. The highest BCUT2D eigenvalue weighted by atomic mass is 19.1. The van der Waals surface area contributed by atoms with Gasteiger partial charge in [-0.1, -0.05) is 0 Å². The molecule has 0 atom stereocenters. The van der Waals surface area contributed by atoms with E-state index in [1.807, 2.05) is 5.43 Å². The molecule has 0 aromatic heterocycles. The summed E-state index contributed by atoms with van der Waals surface area (Å²) in [6.45, 7) is 1.02. The molecule has 0 unspecified atom stereocenters. The number of amidine groups is 1. The Labute approximate surface area is 111 Å². The summed E-state index contributed by atoms with van der Waals surface area (Å²) in [5.41, 5.74) is 4.45. The number of nitrogens with one attached hydrogen (secondary N) is 2. The van der Waals surface area contributed by atoms with Crippen molar-refractivity contribution in [1.82, 2.24) is 0 Å². The monoisotopic (exact) mass is 282 g/mol. The number of hydrogen-bond acceptors (Lipinski definition) is 6. The maximum absolute atomic E-state index is 13.7. The van der Waals surface area contributed by atoms with Crippen LogP contribution < -0.4 is 11.2 Å². The maximum Gasteiger partial charge on any atom is 0.307 e. The van der Waals surface area contributed by atoms with Gasteiger partial charge in [0.15, 0.2) is 11.7 Å². The van der Waals surface area contributed by atoms with Crippen LogP contribution in [0.2, 0.25) is 0 Å². The van der Waals surface area contributed by atoms with Gasteiger partial charge in [0.2, 0.25) is 11.5 Å². The fourth-order valence-electron chi connectivity index (χ4n) is 1.23. The molecule has 0 aliphatic rings. The molecule has 0 saturated carbocycles. The van der Waals surface area contributed by atoms with Crippen molar-refractivity contribution in [2.24, 2.45) is 10.8 Å². The van der Waals surface area contributed by atoms with Gasteiger partial charge in [0.1, 0.15) is 6.07 Å². The predicted molar refractivity (Wildman–Crippen MR) is 66.3 cm³/mol. The molecular weight excluding hydrogens is 274 g/mol. The van der Waals surface area contributed by atoms with Crippen LogP contribution in [0.4, 0.5) is 20.2 Å². The molecule has 0 heterocycles. The topological polar surface area (TPSA) is 141 Å². The van der Waals surface area contributed by atoms with Gasteiger partial charge in [0.25, 0.3) is 0 Å². The summed E-state index contributed by atoms with van der Waals surface area (Å²) in [7, 11) is 0. The van der Waals surface area contributed by atoms with Crippen molar-refractivity contribution in [3.05, 3.63) is 33.4 Å². The Bertz CT molecular complexity index is 665. The molecule has 1 rings (SSSR count). The Balaban J connectivity index is 3.30. The zero-order chi connectivity index (χ0) is 15.4. The Morgan fingerprint density at radius 1 is 1.60 bits per heavy atom. The van der Waals surface area contributed by atoms with Crippen LogP contribution in [0.15, 0.2) is 11.2 Å². The van der Waals surface area contributed by atoms with Crippen molar-refractivity contribution in [3.63, 3.8) is 0 Å². The maximum atomic E-state index is 13.7. The number of nitrogens with zero attached hydrogens (tertiary/aromatic N) is 3. The van der Waals surface area contributed by atoms with Crippen molar-refractivity contribution in [2.75, 3.05) is 5.43 Å². The molecule has 104 valence electrons. The number of nitriles is 1. The fourth-order valence-corrected chi connectivity index (χ4v) is 1.23. The van der Waals surface area contributed by atoms with Gasteiger partial charge in [0.05, 0.1) is 10.6 Å². The first kappa shape index (κ1) is 15.0. The number of anilines is 1. The molecule has 0 radical (unpaired) electrons. The van der Waals surface area contributed by atoms with Gasteiger partial charge in [-0.15, -0.1) is 0 Å². The van der Waals surface area contributed by atoms with Gasteiger partial charge >= 0.3 is 5.69 Å². The molecule has 0 aliphatic carbocycles. The SMILES string of the molecule is Cc1c(F)c(N/N=C(\C#N)C(=N)N)cc([N+](=O)[O-])c1F. The molecule has 20 heavy (non-hydrogen) atoms. The fraction of sp³-hybridized carbons (Fsp3) is 0.100. The number of hydrazone groups is 1. The minimum Gasteiger partial charge on any atom is -0.382 e. The van der Waals surface area contributed by atoms with E-state index in [1.54, 1.807) is 0 Å². The summed E-state index contributed by atoms with van der Waals surface area (Å²) in [4.78, 5) is 9.59. The van der Waals surface area contributed by atoms with Crippen LogP contribution in [0.3, 0.4) is 0 Å². The smallest absolute Gasteiger partial charge is 0.307 e.